The fourth-order valence-electron chi connectivity index (χ4n) is 2.00. The summed E-state index contributed by atoms with van der Waals surface area (Å²) < 4.78 is 5.58. The number of ether oxygens (including phenoxy) is 1. The van der Waals surface area contributed by atoms with Gasteiger partial charge >= 0.3 is 0 Å². The van der Waals surface area contributed by atoms with Crippen molar-refractivity contribution in [1.29, 1.82) is 0 Å². The summed E-state index contributed by atoms with van der Waals surface area (Å²) in [5.74, 6) is 0.909. The third-order valence-electron chi connectivity index (χ3n) is 3.04. The summed E-state index contributed by atoms with van der Waals surface area (Å²) >= 11 is 5.66. The SMILES string of the molecule is CCOc1ccccc1CN(C(=O)CCl)C1CC1. The van der Waals surface area contributed by atoms with Gasteiger partial charge in [0.25, 0.3) is 0 Å². The first-order valence-corrected chi connectivity index (χ1v) is 6.85. The van der Waals surface area contributed by atoms with Crippen molar-refractivity contribution in [2.45, 2.75) is 32.4 Å². The van der Waals surface area contributed by atoms with Crippen LogP contribution in [0.3, 0.4) is 0 Å². The van der Waals surface area contributed by atoms with Crippen LogP contribution in [0.1, 0.15) is 25.3 Å². The van der Waals surface area contributed by atoms with E-state index in [0.29, 0.717) is 19.2 Å². The van der Waals surface area contributed by atoms with Crippen molar-refractivity contribution in [3.05, 3.63) is 29.8 Å². The molecule has 1 aromatic rings. The molecule has 0 N–H and O–H groups in total. The van der Waals surface area contributed by atoms with Crippen LogP contribution < -0.4 is 4.74 Å². The molecule has 1 amide bonds. The lowest BCUT2D eigenvalue weighted by atomic mass is 10.2. The summed E-state index contributed by atoms with van der Waals surface area (Å²) in [6.07, 6.45) is 2.17. The molecule has 0 atom stereocenters. The van der Waals surface area contributed by atoms with E-state index in [9.17, 15) is 4.79 Å². The lowest BCUT2D eigenvalue weighted by molar-refractivity contribution is -0.129. The van der Waals surface area contributed by atoms with Crippen molar-refractivity contribution in [1.82, 2.24) is 4.90 Å². The largest absolute Gasteiger partial charge is 0.494 e. The van der Waals surface area contributed by atoms with Gasteiger partial charge in [-0.1, -0.05) is 18.2 Å². The number of alkyl halides is 1. The minimum atomic E-state index is 0.00506. The van der Waals surface area contributed by atoms with Crippen molar-refractivity contribution in [3.63, 3.8) is 0 Å². The lowest BCUT2D eigenvalue weighted by Crippen LogP contribution is -2.33. The standard InChI is InChI=1S/C14H18ClNO2/c1-2-18-13-6-4-3-5-11(13)10-16(12-7-8-12)14(17)9-15/h3-6,12H,2,7-10H2,1H3. The Morgan fingerprint density at radius 1 is 1.44 bits per heavy atom. The van der Waals surface area contributed by atoms with Crippen LogP contribution in [0.15, 0.2) is 24.3 Å². The van der Waals surface area contributed by atoms with Crippen LogP contribution in [-0.2, 0) is 11.3 Å². The molecule has 0 unspecified atom stereocenters. The highest BCUT2D eigenvalue weighted by atomic mass is 35.5. The number of amides is 1. The first kappa shape index (κ1) is 13.2. The Morgan fingerprint density at radius 3 is 2.78 bits per heavy atom. The Kier molecular flexibility index (Phi) is 4.48. The molecule has 0 radical (unpaired) electrons. The topological polar surface area (TPSA) is 29.5 Å². The zero-order chi connectivity index (χ0) is 13.0. The summed E-state index contributed by atoms with van der Waals surface area (Å²) in [7, 11) is 0. The van der Waals surface area contributed by atoms with Crippen LogP contribution in [0, 0.1) is 0 Å². The van der Waals surface area contributed by atoms with Gasteiger partial charge in [-0.3, -0.25) is 4.79 Å². The molecule has 1 saturated carbocycles. The number of rotatable bonds is 6. The molecule has 0 aromatic heterocycles. The van der Waals surface area contributed by atoms with Gasteiger partial charge in [0, 0.05) is 18.2 Å². The highest BCUT2D eigenvalue weighted by Crippen LogP contribution is 2.30. The maximum absolute atomic E-state index is 11.8. The van der Waals surface area contributed by atoms with Crippen LogP contribution in [0.4, 0.5) is 0 Å². The first-order valence-electron chi connectivity index (χ1n) is 6.32. The van der Waals surface area contributed by atoms with E-state index in [4.69, 9.17) is 16.3 Å². The number of benzene rings is 1. The maximum atomic E-state index is 11.8. The fraction of sp³-hybridized carbons (Fsp3) is 0.500. The molecule has 1 aliphatic carbocycles. The van der Waals surface area contributed by atoms with E-state index >= 15 is 0 Å². The molecule has 3 nitrogen and oxygen atoms in total. The Hall–Kier alpha value is -1.22. The Balaban J connectivity index is 2.13. The molecule has 2 rings (SSSR count). The van der Waals surface area contributed by atoms with Crippen LogP contribution >= 0.6 is 11.6 Å². The first-order chi connectivity index (χ1) is 8.76. The summed E-state index contributed by atoms with van der Waals surface area (Å²) in [6, 6.07) is 8.22. The van der Waals surface area contributed by atoms with E-state index in [2.05, 4.69) is 0 Å². The maximum Gasteiger partial charge on any atom is 0.238 e. The second-order valence-electron chi connectivity index (χ2n) is 4.43. The minimum absolute atomic E-state index is 0.00506. The van der Waals surface area contributed by atoms with Crippen molar-refractivity contribution < 1.29 is 9.53 Å². The van der Waals surface area contributed by atoms with Crippen LogP contribution in [-0.4, -0.2) is 29.3 Å². The molecular weight excluding hydrogens is 250 g/mol. The molecule has 18 heavy (non-hydrogen) atoms. The minimum Gasteiger partial charge on any atom is -0.494 e. The monoisotopic (exact) mass is 267 g/mol. The van der Waals surface area contributed by atoms with E-state index in [0.717, 1.165) is 24.2 Å². The molecule has 4 heteroatoms. The number of hydrogen-bond donors (Lipinski definition) is 0. The van der Waals surface area contributed by atoms with Crippen molar-refractivity contribution >= 4 is 17.5 Å². The summed E-state index contributed by atoms with van der Waals surface area (Å²) in [5.41, 5.74) is 1.05. The highest BCUT2D eigenvalue weighted by Gasteiger charge is 2.32. The smallest absolute Gasteiger partial charge is 0.238 e. The van der Waals surface area contributed by atoms with Gasteiger partial charge in [0.2, 0.25) is 5.91 Å². The Bertz CT molecular complexity index is 418. The molecule has 0 saturated heterocycles. The van der Waals surface area contributed by atoms with E-state index in [1.54, 1.807) is 0 Å². The molecule has 0 bridgehead atoms. The van der Waals surface area contributed by atoms with E-state index in [1.165, 1.54) is 0 Å². The molecule has 0 aliphatic heterocycles. The van der Waals surface area contributed by atoms with Crippen LogP contribution in [0.5, 0.6) is 5.75 Å². The van der Waals surface area contributed by atoms with Gasteiger partial charge in [0.15, 0.2) is 0 Å². The molecule has 0 spiro atoms. The number of para-hydroxylation sites is 1. The second kappa shape index (κ2) is 6.10. The number of halogens is 1. The summed E-state index contributed by atoms with van der Waals surface area (Å²) in [4.78, 5) is 13.7. The average molecular weight is 268 g/mol. The van der Waals surface area contributed by atoms with Gasteiger partial charge in [-0.05, 0) is 25.8 Å². The van der Waals surface area contributed by atoms with Crippen molar-refractivity contribution in [2.75, 3.05) is 12.5 Å². The van der Waals surface area contributed by atoms with Crippen LogP contribution in [0.25, 0.3) is 0 Å². The normalized spacial score (nSPS) is 14.3. The molecule has 0 heterocycles. The predicted molar refractivity (Wildman–Crippen MR) is 71.9 cm³/mol. The Labute approximate surface area is 113 Å². The number of carbonyl (C=O) groups excluding carboxylic acids is 1. The van der Waals surface area contributed by atoms with E-state index in [1.807, 2.05) is 36.1 Å². The average Bonchev–Trinajstić information content (AvgIpc) is 3.21. The van der Waals surface area contributed by atoms with Gasteiger partial charge in [-0.15, -0.1) is 11.6 Å². The van der Waals surface area contributed by atoms with E-state index < -0.39 is 0 Å². The molecule has 1 aliphatic rings. The van der Waals surface area contributed by atoms with Gasteiger partial charge in [-0.25, -0.2) is 0 Å². The zero-order valence-electron chi connectivity index (χ0n) is 10.6. The van der Waals surface area contributed by atoms with Gasteiger partial charge in [0.05, 0.1) is 6.61 Å². The third-order valence-corrected chi connectivity index (χ3v) is 3.26. The number of hydrogen-bond acceptors (Lipinski definition) is 2. The van der Waals surface area contributed by atoms with Gasteiger partial charge < -0.3 is 9.64 Å². The van der Waals surface area contributed by atoms with Crippen LogP contribution in [0.2, 0.25) is 0 Å². The zero-order valence-corrected chi connectivity index (χ0v) is 11.3. The quantitative estimate of drug-likeness (QED) is 0.742. The second-order valence-corrected chi connectivity index (χ2v) is 4.69. The lowest BCUT2D eigenvalue weighted by Gasteiger charge is -2.22. The fourth-order valence-corrected chi connectivity index (χ4v) is 2.15. The molecule has 98 valence electrons. The summed E-state index contributed by atoms with van der Waals surface area (Å²) in [5, 5.41) is 0. The van der Waals surface area contributed by atoms with Gasteiger partial charge in [-0.2, -0.15) is 0 Å². The molecule has 1 aromatic carbocycles. The Morgan fingerprint density at radius 2 is 2.17 bits per heavy atom. The summed E-state index contributed by atoms with van der Waals surface area (Å²) in [6.45, 7) is 3.18. The molecular formula is C14H18ClNO2. The van der Waals surface area contributed by atoms with Crippen molar-refractivity contribution in [2.24, 2.45) is 0 Å². The highest BCUT2D eigenvalue weighted by molar-refractivity contribution is 6.27. The number of nitrogens with zero attached hydrogens (tertiary/aromatic N) is 1. The third kappa shape index (κ3) is 3.16. The predicted octanol–water partition coefficient (Wildman–Crippen LogP) is 2.82. The van der Waals surface area contributed by atoms with Crippen molar-refractivity contribution in [3.8, 4) is 5.75 Å². The van der Waals surface area contributed by atoms with Gasteiger partial charge in [0.1, 0.15) is 11.6 Å². The number of carbonyl (C=O) groups is 1. The van der Waals surface area contributed by atoms with E-state index in [-0.39, 0.29) is 11.8 Å². The molecule has 1 fully saturated rings.